The zero-order chi connectivity index (χ0) is 28.4. The number of aromatic nitrogens is 1. The van der Waals surface area contributed by atoms with Crippen LogP contribution >= 0.6 is 0 Å². The van der Waals surface area contributed by atoms with Crippen LogP contribution < -0.4 is 10.2 Å². The van der Waals surface area contributed by atoms with E-state index in [0.717, 1.165) is 35.5 Å². The monoisotopic (exact) mass is 546 g/mol. The fourth-order valence-electron chi connectivity index (χ4n) is 4.70. The van der Waals surface area contributed by atoms with Crippen molar-refractivity contribution in [1.82, 2.24) is 4.98 Å². The number of carbonyl (C=O) groups excluding carboxylic acids is 2. The predicted molar refractivity (Wildman–Crippen MR) is 142 cm³/mol. The van der Waals surface area contributed by atoms with Gasteiger partial charge in [-0.25, -0.2) is 0 Å². The fraction of sp³-hybridized carbons (Fsp3) is 0.138. The number of anilines is 2. The third kappa shape index (κ3) is 5.39. The van der Waals surface area contributed by atoms with Crippen LogP contribution in [0.1, 0.15) is 27.2 Å². The molecular formula is C29H21F3N4O4. The van der Waals surface area contributed by atoms with Gasteiger partial charge >= 0.3 is 6.18 Å². The van der Waals surface area contributed by atoms with Gasteiger partial charge in [0, 0.05) is 35.9 Å². The highest BCUT2D eigenvalue weighted by Crippen LogP contribution is 2.37. The number of pyridine rings is 1. The Kier molecular flexibility index (Phi) is 7.03. The van der Waals surface area contributed by atoms with Crippen molar-refractivity contribution in [2.24, 2.45) is 0 Å². The van der Waals surface area contributed by atoms with Crippen molar-refractivity contribution < 1.29 is 27.7 Å². The van der Waals surface area contributed by atoms with Crippen molar-refractivity contribution in [2.45, 2.75) is 19.0 Å². The molecule has 2 heterocycles. The summed E-state index contributed by atoms with van der Waals surface area (Å²) in [6, 6.07) is 18.2. The summed E-state index contributed by atoms with van der Waals surface area (Å²) in [7, 11) is 0. The Labute approximate surface area is 226 Å². The molecule has 5 rings (SSSR count). The molecule has 11 heteroatoms. The summed E-state index contributed by atoms with van der Waals surface area (Å²) < 4.78 is 39.1. The molecular weight excluding hydrogens is 525 g/mol. The summed E-state index contributed by atoms with van der Waals surface area (Å²) in [4.78, 5) is 43.1. The number of nitro groups is 1. The average molecular weight is 547 g/mol. The second-order valence-electron chi connectivity index (χ2n) is 9.12. The normalized spacial score (nSPS) is 12.6. The third-order valence-corrected chi connectivity index (χ3v) is 6.58. The first-order chi connectivity index (χ1) is 19.1. The molecule has 40 heavy (non-hydrogen) atoms. The van der Waals surface area contributed by atoms with Gasteiger partial charge in [-0.3, -0.25) is 24.7 Å². The first-order valence-electron chi connectivity index (χ1n) is 12.2. The zero-order valence-electron chi connectivity index (χ0n) is 20.8. The highest BCUT2D eigenvalue weighted by atomic mass is 19.4. The second-order valence-corrected chi connectivity index (χ2v) is 9.12. The molecule has 3 aromatic carbocycles. The van der Waals surface area contributed by atoms with E-state index in [4.69, 9.17) is 0 Å². The van der Waals surface area contributed by atoms with E-state index in [1.54, 1.807) is 41.4 Å². The lowest BCUT2D eigenvalue weighted by Crippen LogP contribution is -2.30. The minimum Gasteiger partial charge on any atom is -0.322 e. The fourth-order valence-corrected chi connectivity index (χ4v) is 4.70. The van der Waals surface area contributed by atoms with E-state index in [1.165, 1.54) is 18.2 Å². The molecule has 1 aromatic heterocycles. The maximum atomic E-state index is 13.3. The summed E-state index contributed by atoms with van der Waals surface area (Å²) in [5.74, 6) is -0.772. The van der Waals surface area contributed by atoms with E-state index in [0.29, 0.717) is 24.3 Å². The van der Waals surface area contributed by atoms with E-state index in [2.05, 4.69) is 10.3 Å². The topological polar surface area (TPSA) is 105 Å². The van der Waals surface area contributed by atoms with Crippen molar-refractivity contribution in [3.63, 3.8) is 0 Å². The van der Waals surface area contributed by atoms with Gasteiger partial charge in [0.05, 0.1) is 28.0 Å². The molecule has 4 aromatic rings. The molecule has 1 N–H and O–H groups in total. The van der Waals surface area contributed by atoms with Crippen molar-refractivity contribution in [3.8, 4) is 11.1 Å². The van der Waals surface area contributed by atoms with E-state index in [1.807, 2.05) is 6.07 Å². The number of fused-ring (bicyclic) bond motifs is 1. The standard InChI is InChI=1S/C29H21F3N4O4/c30-29(31,32)20-9-7-18(8-10-20)27-23(5-3-6-25(27)36(39)40)28(38)34-22-11-12-24-19(16-22)13-15-35(24)26(37)17-21-4-1-2-14-33-21/h1-12,14,16H,13,15,17H2,(H,34,38). The minimum absolute atomic E-state index is 0.0679. The molecule has 202 valence electrons. The van der Waals surface area contributed by atoms with Gasteiger partial charge in [-0.05, 0) is 66.1 Å². The van der Waals surface area contributed by atoms with Crippen LogP contribution in [0.25, 0.3) is 11.1 Å². The number of nitrogens with zero attached hydrogens (tertiary/aromatic N) is 3. The van der Waals surface area contributed by atoms with E-state index >= 15 is 0 Å². The molecule has 0 fully saturated rings. The molecule has 0 saturated heterocycles. The number of amides is 2. The number of nitro benzene ring substituents is 1. The van der Waals surface area contributed by atoms with Crippen LogP contribution in [-0.4, -0.2) is 28.3 Å². The van der Waals surface area contributed by atoms with Crippen molar-refractivity contribution in [3.05, 3.63) is 118 Å². The SMILES string of the molecule is O=C(Nc1ccc2c(c1)CCN2C(=O)Cc1ccccn1)c1cccc([N+](=O)[O-])c1-c1ccc(C(F)(F)F)cc1. The number of hydrogen-bond donors (Lipinski definition) is 1. The summed E-state index contributed by atoms with van der Waals surface area (Å²) in [5, 5.41) is 14.5. The Morgan fingerprint density at radius 3 is 2.45 bits per heavy atom. The van der Waals surface area contributed by atoms with Crippen LogP contribution in [-0.2, 0) is 23.8 Å². The lowest BCUT2D eigenvalue weighted by molar-refractivity contribution is -0.384. The number of carbonyl (C=O) groups is 2. The summed E-state index contributed by atoms with van der Waals surface area (Å²) in [5.41, 5.74) is 1.25. The van der Waals surface area contributed by atoms with Crippen LogP contribution in [0, 0.1) is 10.1 Å². The maximum absolute atomic E-state index is 13.3. The minimum atomic E-state index is -4.58. The van der Waals surface area contributed by atoms with Gasteiger partial charge in [-0.1, -0.05) is 24.3 Å². The third-order valence-electron chi connectivity index (χ3n) is 6.58. The lowest BCUT2D eigenvalue weighted by Gasteiger charge is -2.17. The van der Waals surface area contributed by atoms with E-state index in [-0.39, 0.29) is 29.0 Å². The number of nitrogens with one attached hydrogen (secondary N) is 1. The van der Waals surface area contributed by atoms with Gasteiger partial charge in [0.15, 0.2) is 0 Å². The Morgan fingerprint density at radius 1 is 1.00 bits per heavy atom. The quantitative estimate of drug-likeness (QED) is 0.234. The van der Waals surface area contributed by atoms with E-state index < -0.39 is 28.3 Å². The van der Waals surface area contributed by atoms with Crippen LogP contribution in [0.2, 0.25) is 0 Å². The number of halogens is 3. The summed E-state index contributed by atoms with van der Waals surface area (Å²) >= 11 is 0. The van der Waals surface area contributed by atoms with Crippen LogP contribution in [0.3, 0.4) is 0 Å². The number of hydrogen-bond acceptors (Lipinski definition) is 5. The highest BCUT2D eigenvalue weighted by molar-refractivity contribution is 6.10. The lowest BCUT2D eigenvalue weighted by atomic mass is 9.96. The number of rotatable bonds is 6. The summed E-state index contributed by atoms with van der Waals surface area (Å²) in [6.45, 7) is 0.474. The largest absolute Gasteiger partial charge is 0.416 e. The van der Waals surface area contributed by atoms with Crippen LogP contribution in [0.15, 0.2) is 85.1 Å². The van der Waals surface area contributed by atoms with Gasteiger partial charge in [-0.2, -0.15) is 13.2 Å². The molecule has 0 unspecified atom stereocenters. The molecule has 0 atom stereocenters. The number of alkyl halides is 3. The first kappa shape index (κ1) is 26.5. The van der Waals surface area contributed by atoms with Crippen molar-refractivity contribution in [2.75, 3.05) is 16.8 Å². The molecule has 0 aliphatic carbocycles. The molecule has 0 bridgehead atoms. The highest BCUT2D eigenvalue weighted by Gasteiger charge is 2.31. The smallest absolute Gasteiger partial charge is 0.322 e. The number of benzene rings is 3. The molecule has 1 aliphatic heterocycles. The Hall–Kier alpha value is -5.06. The Morgan fingerprint density at radius 2 is 1.77 bits per heavy atom. The molecule has 1 aliphatic rings. The molecule has 8 nitrogen and oxygen atoms in total. The van der Waals surface area contributed by atoms with E-state index in [9.17, 15) is 32.9 Å². The molecule has 2 amide bonds. The Balaban J connectivity index is 1.40. The van der Waals surface area contributed by atoms with Gasteiger partial charge in [0.1, 0.15) is 0 Å². The maximum Gasteiger partial charge on any atom is 0.416 e. The Bertz CT molecular complexity index is 1610. The van der Waals surface area contributed by atoms with Crippen LogP contribution in [0.4, 0.5) is 30.2 Å². The van der Waals surface area contributed by atoms with Gasteiger partial charge < -0.3 is 10.2 Å². The predicted octanol–water partition coefficient (Wildman–Crippen LogP) is 6.06. The van der Waals surface area contributed by atoms with Gasteiger partial charge in [0.2, 0.25) is 5.91 Å². The zero-order valence-corrected chi connectivity index (χ0v) is 20.8. The average Bonchev–Trinajstić information content (AvgIpc) is 3.36. The molecule has 0 saturated carbocycles. The first-order valence-corrected chi connectivity index (χ1v) is 12.2. The summed E-state index contributed by atoms with van der Waals surface area (Å²) in [6.07, 6.45) is -2.23. The van der Waals surface area contributed by atoms with Crippen molar-refractivity contribution >= 4 is 28.9 Å². The van der Waals surface area contributed by atoms with Crippen LogP contribution in [0.5, 0.6) is 0 Å². The van der Waals surface area contributed by atoms with Gasteiger partial charge in [-0.15, -0.1) is 0 Å². The van der Waals surface area contributed by atoms with Gasteiger partial charge in [0.25, 0.3) is 11.6 Å². The molecule has 0 spiro atoms. The second kappa shape index (κ2) is 10.6. The van der Waals surface area contributed by atoms with Crippen molar-refractivity contribution in [1.29, 1.82) is 0 Å². The molecule has 0 radical (unpaired) electrons.